The van der Waals surface area contributed by atoms with Crippen LogP contribution in [-0.4, -0.2) is 38.0 Å². The Hall–Kier alpha value is -2.37. The van der Waals surface area contributed by atoms with Gasteiger partial charge < -0.3 is 14.0 Å². The largest absolute Gasteiger partial charge is 0.336 e. The number of hydrogen-bond acceptors (Lipinski definition) is 3. The fourth-order valence-corrected chi connectivity index (χ4v) is 2.77. The molecule has 22 heavy (non-hydrogen) atoms. The first kappa shape index (κ1) is 14.6. The molecule has 3 rings (SSSR count). The predicted molar refractivity (Wildman–Crippen MR) is 83.4 cm³/mol. The lowest BCUT2D eigenvalue weighted by molar-refractivity contribution is 0.0698. The topological polar surface area (TPSA) is 60.1 Å². The number of amides is 1. The Kier molecular flexibility index (Phi) is 3.83. The van der Waals surface area contributed by atoms with E-state index in [2.05, 4.69) is 11.9 Å². The molecule has 1 aliphatic rings. The van der Waals surface area contributed by atoms with Crippen molar-refractivity contribution in [3.63, 3.8) is 0 Å². The summed E-state index contributed by atoms with van der Waals surface area (Å²) in [5, 5.41) is 0. The van der Waals surface area contributed by atoms with Gasteiger partial charge >= 0.3 is 0 Å². The number of unbranched alkanes of at least 4 members (excludes halogenated alkanes) is 1. The number of rotatable bonds is 4. The molecule has 6 heteroatoms. The average Bonchev–Trinajstić information content (AvgIpc) is 2.93. The zero-order valence-electron chi connectivity index (χ0n) is 13.0. The predicted octanol–water partition coefficient (Wildman–Crippen LogP) is 1.60. The molecule has 0 unspecified atom stereocenters. The van der Waals surface area contributed by atoms with Crippen LogP contribution in [-0.2, 0) is 6.54 Å². The minimum absolute atomic E-state index is 0.0508. The molecule has 0 spiro atoms. The standard InChI is InChI=1S/C16H20N4O2/c1-3-4-7-18-8-9-20-14(15(18)21)6-5-13(16(20)22)19-10-12(2)17-11-19/h5-6,10-11H,3-4,7-9H2,1-2H3. The Labute approximate surface area is 129 Å². The third-order valence-corrected chi connectivity index (χ3v) is 4.03. The van der Waals surface area contributed by atoms with E-state index < -0.39 is 0 Å². The van der Waals surface area contributed by atoms with Crippen LogP contribution >= 0.6 is 0 Å². The molecular formula is C16H20N4O2. The van der Waals surface area contributed by atoms with Crippen LogP contribution in [0.4, 0.5) is 0 Å². The maximum absolute atomic E-state index is 12.6. The molecule has 0 fully saturated rings. The van der Waals surface area contributed by atoms with Gasteiger partial charge in [-0.25, -0.2) is 4.98 Å². The van der Waals surface area contributed by atoms with Crippen molar-refractivity contribution in [3.05, 3.63) is 46.4 Å². The first-order chi connectivity index (χ1) is 10.6. The van der Waals surface area contributed by atoms with Gasteiger partial charge in [-0.05, 0) is 25.5 Å². The van der Waals surface area contributed by atoms with E-state index in [1.165, 1.54) is 0 Å². The van der Waals surface area contributed by atoms with E-state index >= 15 is 0 Å². The molecule has 2 aromatic heterocycles. The number of nitrogens with zero attached hydrogens (tertiary/aromatic N) is 4. The third kappa shape index (κ3) is 2.45. The lowest BCUT2D eigenvalue weighted by Crippen LogP contribution is -2.45. The summed E-state index contributed by atoms with van der Waals surface area (Å²) in [4.78, 5) is 31.1. The number of carbonyl (C=O) groups is 1. The number of pyridine rings is 1. The second-order valence-corrected chi connectivity index (χ2v) is 5.63. The molecule has 0 bridgehead atoms. The fraction of sp³-hybridized carbons (Fsp3) is 0.438. The van der Waals surface area contributed by atoms with Crippen molar-refractivity contribution >= 4 is 5.91 Å². The van der Waals surface area contributed by atoms with Crippen molar-refractivity contribution in [1.82, 2.24) is 19.0 Å². The van der Waals surface area contributed by atoms with Crippen molar-refractivity contribution in [2.45, 2.75) is 33.2 Å². The van der Waals surface area contributed by atoms with Crippen LogP contribution < -0.4 is 5.56 Å². The number of fused-ring (bicyclic) bond motifs is 1. The normalized spacial score (nSPS) is 14.3. The SMILES string of the molecule is CCCCN1CCn2c(ccc(-n3cnc(C)c3)c2=O)C1=O. The minimum Gasteiger partial charge on any atom is -0.336 e. The molecular weight excluding hydrogens is 280 g/mol. The maximum Gasteiger partial charge on any atom is 0.275 e. The van der Waals surface area contributed by atoms with Gasteiger partial charge in [0.25, 0.3) is 11.5 Å². The van der Waals surface area contributed by atoms with Gasteiger partial charge in [0.2, 0.25) is 0 Å². The van der Waals surface area contributed by atoms with Gasteiger partial charge in [0.15, 0.2) is 0 Å². The van der Waals surface area contributed by atoms with Crippen LogP contribution in [0.1, 0.15) is 35.9 Å². The van der Waals surface area contributed by atoms with Gasteiger partial charge in [0, 0.05) is 25.8 Å². The molecule has 0 saturated heterocycles. The van der Waals surface area contributed by atoms with Crippen LogP contribution in [0.3, 0.4) is 0 Å². The van der Waals surface area contributed by atoms with Crippen molar-refractivity contribution in [2.75, 3.05) is 13.1 Å². The number of imidazole rings is 1. The highest BCUT2D eigenvalue weighted by atomic mass is 16.2. The van der Waals surface area contributed by atoms with E-state index in [1.54, 1.807) is 27.6 Å². The van der Waals surface area contributed by atoms with Crippen LogP contribution in [0, 0.1) is 6.92 Å². The molecule has 0 radical (unpaired) electrons. The zero-order chi connectivity index (χ0) is 15.7. The first-order valence-electron chi connectivity index (χ1n) is 7.66. The molecule has 0 atom stereocenters. The Morgan fingerprint density at radius 2 is 2.05 bits per heavy atom. The number of hydrogen-bond donors (Lipinski definition) is 0. The summed E-state index contributed by atoms with van der Waals surface area (Å²) < 4.78 is 3.29. The van der Waals surface area contributed by atoms with E-state index in [4.69, 9.17) is 0 Å². The summed E-state index contributed by atoms with van der Waals surface area (Å²) in [6.45, 7) is 5.88. The van der Waals surface area contributed by atoms with Crippen LogP contribution in [0.15, 0.2) is 29.5 Å². The van der Waals surface area contributed by atoms with Crippen LogP contribution in [0.2, 0.25) is 0 Å². The first-order valence-corrected chi connectivity index (χ1v) is 7.66. The Balaban J connectivity index is 1.97. The summed E-state index contributed by atoms with van der Waals surface area (Å²) in [6, 6.07) is 3.45. The summed E-state index contributed by atoms with van der Waals surface area (Å²) >= 11 is 0. The molecule has 0 N–H and O–H groups in total. The lowest BCUT2D eigenvalue weighted by atomic mass is 10.2. The maximum atomic E-state index is 12.6. The fourth-order valence-electron chi connectivity index (χ4n) is 2.77. The van der Waals surface area contributed by atoms with Crippen LogP contribution in [0.5, 0.6) is 0 Å². The Bertz CT molecular complexity index is 760. The van der Waals surface area contributed by atoms with Crippen molar-refractivity contribution in [1.29, 1.82) is 0 Å². The number of carbonyl (C=O) groups excluding carboxylic acids is 1. The van der Waals surface area contributed by atoms with E-state index in [1.807, 2.05) is 18.0 Å². The number of aryl methyl sites for hydroxylation is 1. The van der Waals surface area contributed by atoms with E-state index in [0.717, 1.165) is 25.1 Å². The third-order valence-electron chi connectivity index (χ3n) is 4.03. The summed E-state index contributed by atoms with van der Waals surface area (Å²) in [7, 11) is 0. The van der Waals surface area contributed by atoms with Gasteiger partial charge in [-0.1, -0.05) is 13.3 Å². The van der Waals surface area contributed by atoms with Gasteiger partial charge in [-0.2, -0.15) is 0 Å². The van der Waals surface area contributed by atoms with E-state index in [9.17, 15) is 9.59 Å². The second-order valence-electron chi connectivity index (χ2n) is 5.63. The van der Waals surface area contributed by atoms with E-state index in [0.29, 0.717) is 24.5 Å². The molecule has 0 saturated carbocycles. The molecule has 1 aliphatic heterocycles. The number of aromatic nitrogens is 3. The highest BCUT2D eigenvalue weighted by Crippen LogP contribution is 2.13. The Morgan fingerprint density at radius 1 is 1.23 bits per heavy atom. The monoisotopic (exact) mass is 300 g/mol. The average molecular weight is 300 g/mol. The van der Waals surface area contributed by atoms with Gasteiger partial charge in [-0.3, -0.25) is 9.59 Å². The summed E-state index contributed by atoms with van der Waals surface area (Å²) in [5.74, 6) is -0.0508. The Morgan fingerprint density at radius 3 is 2.73 bits per heavy atom. The molecule has 0 aromatic carbocycles. The van der Waals surface area contributed by atoms with Gasteiger partial charge in [0.05, 0.1) is 12.0 Å². The molecule has 116 valence electrons. The highest BCUT2D eigenvalue weighted by molar-refractivity contribution is 5.93. The van der Waals surface area contributed by atoms with E-state index in [-0.39, 0.29) is 11.5 Å². The van der Waals surface area contributed by atoms with Crippen molar-refractivity contribution in [2.24, 2.45) is 0 Å². The lowest BCUT2D eigenvalue weighted by Gasteiger charge is -2.29. The molecule has 2 aromatic rings. The smallest absolute Gasteiger partial charge is 0.275 e. The zero-order valence-corrected chi connectivity index (χ0v) is 13.0. The molecule has 0 aliphatic carbocycles. The minimum atomic E-state index is -0.140. The molecule has 3 heterocycles. The molecule has 1 amide bonds. The van der Waals surface area contributed by atoms with Crippen LogP contribution in [0.25, 0.3) is 5.69 Å². The van der Waals surface area contributed by atoms with Gasteiger partial charge in [0.1, 0.15) is 11.4 Å². The van der Waals surface area contributed by atoms with Gasteiger partial charge in [-0.15, -0.1) is 0 Å². The quantitative estimate of drug-likeness (QED) is 0.861. The van der Waals surface area contributed by atoms with Crippen molar-refractivity contribution in [3.8, 4) is 5.69 Å². The van der Waals surface area contributed by atoms with Crippen molar-refractivity contribution < 1.29 is 4.79 Å². The summed E-state index contributed by atoms with van der Waals surface area (Å²) in [6.07, 6.45) is 5.47. The summed E-state index contributed by atoms with van der Waals surface area (Å²) in [5.41, 5.74) is 1.72. The molecule has 6 nitrogen and oxygen atoms in total. The highest BCUT2D eigenvalue weighted by Gasteiger charge is 2.25. The second kappa shape index (κ2) is 5.79.